The van der Waals surface area contributed by atoms with Gasteiger partial charge < -0.3 is 4.90 Å². The highest BCUT2D eigenvalue weighted by Crippen LogP contribution is 2.40. The fourth-order valence-corrected chi connectivity index (χ4v) is 2.68. The van der Waals surface area contributed by atoms with E-state index in [0.717, 1.165) is 0 Å². The summed E-state index contributed by atoms with van der Waals surface area (Å²) in [5.74, 6) is 0.198. The van der Waals surface area contributed by atoms with Crippen LogP contribution in [-0.4, -0.2) is 14.1 Å². The van der Waals surface area contributed by atoms with E-state index in [9.17, 15) is 0 Å². The van der Waals surface area contributed by atoms with Gasteiger partial charge in [0.15, 0.2) is 0 Å². The number of allylic oxidation sites excluding steroid dienone is 4. The minimum Gasteiger partial charge on any atom is -0.378 e. The first-order chi connectivity index (χ1) is 8.49. The van der Waals surface area contributed by atoms with E-state index in [1.807, 2.05) is 20.2 Å². The zero-order chi connectivity index (χ0) is 13.3. The lowest BCUT2D eigenvalue weighted by Gasteiger charge is -2.20. The highest BCUT2D eigenvalue weighted by molar-refractivity contribution is 6.48. The Morgan fingerprint density at radius 1 is 1.06 bits per heavy atom. The van der Waals surface area contributed by atoms with Crippen LogP contribution in [0.15, 0.2) is 45.4 Å². The Morgan fingerprint density at radius 3 is 2.17 bits per heavy atom. The molecule has 0 saturated heterocycles. The third-order valence-corrected chi connectivity index (χ3v) is 4.32. The fraction of sp³-hybridized carbons (Fsp3) is 0.286. The lowest BCUT2D eigenvalue weighted by Crippen LogP contribution is -2.09. The van der Waals surface area contributed by atoms with Crippen molar-refractivity contribution in [1.29, 1.82) is 0 Å². The summed E-state index contributed by atoms with van der Waals surface area (Å²) < 4.78 is 0. The van der Waals surface area contributed by atoms with Gasteiger partial charge in [-0.05, 0) is 24.1 Å². The van der Waals surface area contributed by atoms with Gasteiger partial charge in [0.25, 0.3) is 0 Å². The summed E-state index contributed by atoms with van der Waals surface area (Å²) in [6.07, 6.45) is 2.67. The minimum atomic E-state index is 0.198. The third-order valence-electron chi connectivity index (χ3n) is 3.03. The molecule has 1 aliphatic rings. The molecule has 0 aliphatic heterocycles. The van der Waals surface area contributed by atoms with Gasteiger partial charge in [-0.15, -0.1) is 0 Å². The van der Waals surface area contributed by atoms with E-state index < -0.39 is 0 Å². The molecule has 0 radical (unpaired) electrons. The van der Waals surface area contributed by atoms with Crippen molar-refractivity contribution in [1.82, 2.24) is 0 Å². The Bertz CT molecular complexity index is 500. The number of halogens is 3. The summed E-state index contributed by atoms with van der Waals surface area (Å²) in [5.41, 5.74) is 2.37. The maximum absolute atomic E-state index is 6.10. The molecule has 1 aromatic rings. The van der Waals surface area contributed by atoms with Crippen molar-refractivity contribution >= 4 is 40.5 Å². The zero-order valence-electron chi connectivity index (χ0n) is 10.3. The number of rotatable bonds is 2. The fourth-order valence-electron chi connectivity index (χ4n) is 1.95. The molecule has 0 amide bonds. The van der Waals surface area contributed by atoms with Gasteiger partial charge in [0.2, 0.25) is 0 Å². The maximum Gasteiger partial charge on any atom is 0.0734 e. The quantitative estimate of drug-likeness (QED) is 0.739. The second-order valence-corrected chi connectivity index (χ2v) is 5.77. The Morgan fingerprint density at radius 2 is 1.67 bits per heavy atom. The highest BCUT2D eigenvalue weighted by Gasteiger charge is 2.20. The number of nitrogens with zero attached hydrogens (tertiary/aromatic N) is 1. The van der Waals surface area contributed by atoms with Crippen LogP contribution in [0.2, 0.25) is 0 Å². The molecule has 96 valence electrons. The zero-order valence-corrected chi connectivity index (χ0v) is 12.5. The predicted octanol–water partition coefficient (Wildman–Crippen LogP) is 5.05. The van der Waals surface area contributed by atoms with Crippen LogP contribution in [0, 0.1) is 0 Å². The SMILES string of the molecule is CN(C)c1ccc(C2C=C(Cl)C(Cl)=C(Cl)C2)cc1. The van der Waals surface area contributed by atoms with Crippen molar-refractivity contribution in [2.24, 2.45) is 0 Å². The Kier molecular flexibility index (Phi) is 4.26. The summed E-state index contributed by atoms with van der Waals surface area (Å²) in [6, 6.07) is 8.38. The molecule has 0 N–H and O–H groups in total. The topological polar surface area (TPSA) is 3.24 Å². The molecule has 0 bridgehead atoms. The summed E-state index contributed by atoms with van der Waals surface area (Å²) in [7, 11) is 4.04. The molecule has 0 saturated carbocycles. The highest BCUT2D eigenvalue weighted by atomic mass is 35.5. The number of anilines is 1. The first-order valence-corrected chi connectivity index (χ1v) is 6.81. The molecule has 0 heterocycles. The van der Waals surface area contributed by atoms with Crippen LogP contribution in [0.4, 0.5) is 5.69 Å². The van der Waals surface area contributed by atoms with Crippen LogP contribution in [0.5, 0.6) is 0 Å². The largest absolute Gasteiger partial charge is 0.378 e. The van der Waals surface area contributed by atoms with Crippen molar-refractivity contribution in [3.63, 3.8) is 0 Å². The van der Waals surface area contributed by atoms with Crippen LogP contribution >= 0.6 is 34.8 Å². The number of hydrogen-bond acceptors (Lipinski definition) is 1. The lowest BCUT2D eigenvalue weighted by atomic mass is 9.92. The average Bonchev–Trinajstić information content (AvgIpc) is 2.35. The molecule has 0 spiro atoms. The van der Waals surface area contributed by atoms with Crippen LogP contribution in [0.25, 0.3) is 0 Å². The second-order valence-electron chi connectivity index (χ2n) is 4.53. The van der Waals surface area contributed by atoms with E-state index >= 15 is 0 Å². The minimum absolute atomic E-state index is 0.198. The van der Waals surface area contributed by atoms with Gasteiger partial charge in [0, 0.05) is 30.7 Å². The van der Waals surface area contributed by atoms with Gasteiger partial charge in [-0.1, -0.05) is 53.0 Å². The lowest BCUT2D eigenvalue weighted by molar-refractivity contribution is 0.837. The molecule has 4 heteroatoms. The van der Waals surface area contributed by atoms with Crippen LogP contribution in [0.3, 0.4) is 0 Å². The van der Waals surface area contributed by atoms with Crippen LogP contribution < -0.4 is 4.90 Å². The van der Waals surface area contributed by atoms with Gasteiger partial charge >= 0.3 is 0 Å². The van der Waals surface area contributed by atoms with E-state index in [1.165, 1.54) is 11.3 Å². The monoisotopic (exact) mass is 301 g/mol. The van der Waals surface area contributed by atoms with Crippen molar-refractivity contribution in [3.05, 3.63) is 51.0 Å². The second kappa shape index (κ2) is 5.56. The normalized spacial score (nSPS) is 19.8. The first-order valence-electron chi connectivity index (χ1n) is 5.68. The van der Waals surface area contributed by atoms with E-state index in [1.54, 1.807) is 0 Å². The summed E-state index contributed by atoms with van der Waals surface area (Å²) in [4.78, 5) is 2.07. The number of benzene rings is 1. The summed E-state index contributed by atoms with van der Waals surface area (Å²) in [5, 5.41) is 1.64. The predicted molar refractivity (Wildman–Crippen MR) is 80.8 cm³/mol. The molecule has 0 fully saturated rings. The number of hydrogen-bond donors (Lipinski definition) is 0. The molecule has 1 unspecified atom stereocenters. The van der Waals surface area contributed by atoms with Gasteiger partial charge in [-0.2, -0.15) is 0 Å². The Hall–Kier alpha value is -0.630. The Labute approximate surface area is 123 Å². The third kappa shape index (κ3) is 2.85. The Balaban J connectivity index is 2.24. The van der Waals surface area contributed by atoms with E-state index in [2.05, 4.69) is 29.2 Å². The molecule has 18 heavy (non-hydrogen) atoms. The average molecular weight is 303 g/mol. The summed E-state index contributed by atoms with van der Waals surface area (Å²) in [6.45, 7) is 0. The van der Waals surface area contributed by atoms with Gasteiger partial charge in [0.1, 0.15) is 0 Å². The van der Waals surface area contributed by atoms with Crippen LogP contribution in [0.1, 0.15) is 17.9 Å². The van der Waals surface area contributed by atoms with Crippen molar-refractivity contribution in [2.75, 3.05) is 19.0 Å². The molecule has 0 aromatic heterocycles. The van der Waals surface area contributed by atoms with Gasteiger partial charge in [-0.3, -0.25) is 0 Å². The summed E-state index contributed by atoms with van der Waals surface area (Å²) >= 11 is 18.1. The van der Waals surface area contributed by atoms with Crippen molar-refractivity contribution in [3.8, 4) is 0 Å². The first kappa shape index (κ1) is 13.8. The van der Waals surface area contributed by atoms with Crippen LogP contribution in [-0.2, 0) is 0 Å². The van der Waals surface area contributed by atoms with Gasteiger partial charge in [-0.25, -0.2) is 0 Å². The molecule has 2 rings (SSSR count). The van der Waals surface area contributed by atoms with Crippen molar-refractivity contribution < 1.29 is 0 Å². The standard InChI is InChI=1S/C14H14Cl3N/c1-18(2)11-5-3-9(4-6-11)10-7-12(15)14(17)13(16)8-10/h3-7,10H,8H2,1-2H3. The maximum atomic E-state index is 6.10. The molecule has 1 atom stereocenters. The van der Waals surface area contributed by atoms with E-state index in [4.69, 9.17) is 34.8 Å². The van der Waals surface area contributed by atoms with Gasteiger partial charge in [0.05, 0.1) is 10.1 Å². The molecular weight excluding hydrogens is 289 g/mol. The van der Waals surface area contributed by atoms with E-state index in [0.29, 0.717) is 21.5 Å². The smallest absolute Gasteiger partial charge is 0.0734 e. The molecule has 1 aliphatic carbocycles. The van der Waals surface area contributed by atoms with Crippen molar-refractivity contribution in [2.45, 2.75) is 12.3 Å². The van der Waals surface area contributed by atoms with E-state index in [-0.39, 0.29) is 5.92 Å². The molecule has 1 nitrogen and oxygen atoms in total. The molecule has 1 aromatic carbocycles. The molecular formula is C14H14Cl3N.